The fourth-order valence-electron chi connectivity index (χ4n) is 1.48. The molecule has 0 aromatic carbocycles. The Morgan fingerprint density at radius 1 is 1.18 bits per heavy atom. The van der Waals surface area contributed by atoms with Crippen LogP contribution in [0.15, 0.2) is 0 Å². The van der Waals surface area contributed by atoms with Crippen molar-refractivity contribution in [1.82, 2.24) is 0 Å². The standard InChI is InChI=1S/C7H14O3S/c1-11(9,10)7(8)5-3-2-4-6-7/h8H,2-6H2,1H3. The van der Waals surface area contributed by atoms with E-state index in [0.717, 1.165) is 25.5 Å². The molecule has 0 spiro atoms. The second-order valence-electron chi connectivity index (χ2n) is 3.28. The quantitative estimate of drug-likeness (QED) is 0.642. The molecule has 0 unspecified atom stereocenters. The van der Waals surface area contributed by atoms with Gasteiger partial charge in [0.15, 0.2) is 14.8 Å². The van der Waals surface area contributed by atoms with E-state index in [2.05, 4.69) is 0 Å². The summed E-state index contributed by atoms with van der Waals surface area (Å²) in [4.78, 5) is -1.41. The summed E-state index contributed by atoms with van der Waals surface area (Å²) in [7, 11) is -3.27. The van der Waals surface area contributed by atoms with Crippen LogP contribution in [0.25, 0.3) is 0 Å². The van der Waals surface area contributed by atoms with Gasteiger partial charge in [0.2, 0.25) is 0 Å². The Hall–Kier alpha value is -0.0900. The Morgan fingerprint density at radius 3 is 1.91 bits per heavy atom. The molecule has 0 amide bonds. The smallest absolute Gasteiger partial charge is 0.176 e. The van der Waals surface area contributed by atoms with Crippen molar-refractivity contribution in [2.24, 2.45) is 0 Å². The molecular weight excluding hydrogens is 164 g/mol. The van der Waals surface area contributed by atoms with Gasteiger partial charge in [-0.1, -0.05) is 6.42 Å². The topological polar surface area (TPSA) is 54.4 Å². The number of aliphatic hydroxyl groups is 1. The number of hydrogen-bond donors (Lipinski definition) is 1. The molecule has 0 aromatic heterocycles. The average molecular weight is 178 g/mol. The van der Waals surface area contributed by atoms with E-state index in [1.807, 2.05) is 0 Å². The zero-order valence-corrected chi connectivity index (χ0v) is 7.52. The van der Waals surface area contributed by atoms with E-state index >= 15 is 0 Å². The van der Waals surface area contributed by atoms with Gasteiger partial charge in [-0.3, -0.25) is 0 Å². The second-order valence-corrected chi connectivity index (χ2v) is 5.58. The highest BCUT2D eigenvalue weighted by Crippen LogP contribution is 2.31. The predicted octanol–water partition coefficient (Wildman–Crippen LogP) is 0.684. The molecule has 0 atom stereocenters. The SMILES string of the molecule is CS(=O)(=O)C1(O)CCCCC1. The van der Waals surface area contributed by atoms with Crippen LogP contribution < -0.4 is 0 Å². The maximum atomic E-state index is 11.1. The molecule has 0 aromatic rings. The molecule has 1 aliphatic carbocycles. The van der Waals surface area contributed by atoms with Crippen molar-refractivity contribution in [3.05, 3.63) is 0 Å². The van der Waals surface area contributed by atoms with Gasteiger partial charge in [-0.15, -0.1) is 0 Å². The van der Waals surface area contributed by atoms with Crippen molar-refractivity contribution in [3.63, 3.8) is 0 Å². The maximum absolute atomic E-state index is 11.1. The molecule has 1 saturated carbocycles. The van der Waals surface area contributed by atoms with Crippen LogP contribution in [0, 0.1) is 0 Å². The van der Waals surface area contributed by atoms with Gasteiger partial charge < -0.3 is 5.11 Å². The van der Waals surface area contributed by atoms with Gasteiger partial charge in [0, 0.05) is 6.26 Å². The van der Waals surface area contributed by atoms with E-state index in [9.17, 15) is 13.5 Å². The van der Waals surface area contributed by atoms with E-state index in [1.54, 1.807) is 0 Å². The number of sulfone groups is 1. The molecule has 1 rings (SSSR count). The van der Waals surface area contributed by atoms with Crippen molar-refractivity contribution >= 4 is 9.84 Å². The predicted molar refractivity (Wildman–Crippen MR) is 42.9 cm³/mol. The van der Waals surface area contributed by atoms with Crippen LogP contribution in [0.5, 0.6) is 0 Å². The first kappa shape index (κ1) is 9.00. The van der Waals surface area contributed by atoms with Crippen LogP contribution in [0.3, 0.4) is 0 Å². The molecule has 3 nitrogen and oxygen atoms in total. The number of hydrogen-bond acceptors (Lipinski definition) is 3. The lowest BCUT2D eigenvalue weighted by Gasteiger charge is -2.29. The van der Waals surface area contributed by atoms with Gasteiger partial charge in [-0.25, -0.2) is 8.42 Å². The Morgan fingerprint density at radius 2 is 1.64 bits per heavy atom. The molecule has 1 aliphatic rings. The van der Waals surface area contributed by atoms with E-state index in [-0.39, 0.29) is 0 Å². The van der Waals surface area contributed by atoms with Crippen molar-refractivity contribution in [3.8, 4) is 0 Å². The molecule has 0 radical (unpaired) electrons. The molecule has 0 aliphatic heterocycles. The van der Waals surface area contributed by atoms with Gasteiger partial charge >= 0.3 is 0 Å². The molecule has 4 heteroatoms. The van der Waals surface area contributed by atoms with Crippen molar-refractivity contribution in [2.75, 3.05) is 6.26 Å². The van der Waals surface area contributed by atoms with E-state index in [0.29, 0.717) is 12.8 Å². The zero-order chi connectivity index (χ0) is 8.54. The molecule has 11 heavy (non-hydrogen) atoms. The van der Waals surface area contributed by atoms with Gasteiger partial charge in [-0.05, 0) is 25.7 Å². The second kappa shape index (κ2) is 2.75. The lowest BCUT2D eigenvalue weighted by Crippen LogP contribution is -2.39. The highest BCUT2D eigenvalue weighted by Gasteiger charge is 2.38. The summed E-state index contributed by atoms with van der Waals surface area (Å²) < 4.78 is 22.1. The van der Waals surface area contributed by atoms with Gasteiger partial charge in [0.05, 0.1) is 0 Å². The highest BCUT2D eigenvalue weighted by molar-refractivity contribution is 7.91. The Kier molecular flexibility index (Phi) is 2.25. The molecule has 0 bridgehead atoms. The summed E-state index contributed by atoms with van der Waals surface area (Å²) in [5.74, 6) is 0. The lowest BCUT2D eigenvalue weighted by atomic mass is 9.97. The molecule has 1 N–H and O–H groups in total. The fourth-order valence-corrected chi connectivity index (χ4v) is 2.51. The summed E-state index contributed by atoms with van der Waals surface area (Å²) >= 11 is 0. The summed E-state index contributed by atoms with van der Waals surface area (Å²) in [6.07, 6.45) is 4.61. The van der Waals surface area contributed by atoms with Crippen molar-refractivity contribution < 1.29 is 13.5 Å². The fraction of sp³-hybridized carbons (Fsp3) is 1.00. The largest absolute Gasteiger partial charge is 0.374 e. The Labute approximate surface area is 67.3 Å². The zero-order valence-electron chi connectivity index (χ0n) is 6.71. The van der Waals surface area contributed by atoms with E-state index < -0.39 is 14.8 Å². The van der Waals surface area contributed by atoms with E-state index in [1.165, 1.54) is 0 Å². The summed E-state index contributed by atoms with van der Waals surface area (Å²) in [6, 6.07) is 0. The normalized spacial score (nSPS) is 24.9. The van der Waals surface area contributed by atoms with Crippen LogP contribution in [-0.2, 0) is 9.84 Å². The van der Waals surface area contributed by atoms with Gasteiger partial charge in [0.1, 0.15) is 0 Å². The molecule has 66 valence electrons. The third-order valence-electron chi connectivity index (χ3n) is 2.33. The molecule has 0 heterocycles. The van der Waals surface area contributed by atoms with Crippen LogP contribution in [0.2, 0.25) is 0 Å². The summed E-state index contributed by atoms with van der Waals surface area (Å²) in [6.45, 7) is 0. The first-order chi connectivity index (χ1) is 4.96. The third kappa shape index (κ3) is 1.73. The minimum atomic E-state index is -3.27. The molecular formula is C7H14O3S. The lowest BCUT2D eigenvalue weighted by molar-refractivity contribution is 0.0837. The minimum absolute atomic E-state index is 0.409. The van der Waals surface area contributed by atoms with Crippen LogP contribution >= 0.6 is 0 Å². The summed E-state index contributed by atoms with van der Waals surface area (Å²) in [5.41, 5.74) is 0. The van der Waals surface area contributed by atoms with Crippen LogP contribution in [-0.4, -0.2) is 24.7 Å². The molecule has 0 saturated heterocycles. The Bertz CT molecular complexity index is 224. The summed E-state index contributed by atoms with van der Waals surface area (Å²) in [5, 5.41) is 9.62. The van der Waals surface area contributed by atoms with Crippen LogP contribution in [0.4, 0.5) is 0 Å². The highest BCUT2D eigenvalue weighted by atomic mass is 32.2. The third-order valence-corrected chi connectivity index (χ3v) is 4.11. The van der Waals surface area contributed by atoms with Gasteiger partial charge in [0.25, 0.3) is 0 Å². The van der Waals surface area contributed by atoms with Crippen molar-refractivity contribution in [1.29, 1.82) is 0 Å². The average Bonchev–Trinajstić information content (AvgIpc) is 1.87. The monoisotopic (exact) mass is 178 g/mol. The van der Waals surface area contributed by atoms with Crippen molar-refractivity contribution in [2.45, 2.75) is 37.0 Å². The minimum Gasteiger partial charge on any atom is -0.374 e. The van der Waals surface area contributed by atoms with E-state index in [4.69, 9.17) is 0 Å². The first-order valence-corrected chi connectivity index (χ1v) is 5.77. The maximum Gasteiger partial charge on any atom is 0.176 e. The first-order valence-electron chi connectivity index (χ1n) is 3.88. The van der Waals surface area contributed by atoms with Gasteiger partial charge in [-0.2, -0.15) is 0 Å². The molecule has 1 fully saturated rings. The number of rotatable bonds is 1. The Balaban J connectivity index is 2.81. The van der Waals surface area contributed by atoms with Crippen LogP contribution in [0.1, 0.15) is 32.1 Å².